The summed E-state index contributed by atoms with van der Waals surface area (Å²) in [5.74, 6) is -0.416. The van der Waals surface area contributed by atoms with Gasteiger partial charge in [0.05, 0.1) is 5.92 Å². The molecule has 7 nitrogen and oxygen atoms in total. The molecule has 36 heavy (non-hydrogen) atoms. The van der Waals surface area contributed by atoms with E-state index in [-0.39, 0.29) is 23.1 Å². The van der Waals surface area contributed by atoms with Crippen LogP contribution in [0.15, 0.2) is 45.8 Å². The first-order valence-electron chi connectivity index (χ1n) is 12.2. The number of aromatic nitrogens is 1. The molecule has 1 aliphatic rings. The molecule has 1 N–H and O–H groups in total. The highest BCUT2D eigenvalue weighted by Crippen LogP contribution is 2.30. The number of rotatable bonds is 6. The number of para-hydroxylation sites is 1. The van der Waals surface area contributed by atoms with Gasteiger partial charge in [-0.05, 0) is 81.9 Å². The van der Waals surface area contributed by atoms with Crippen molar-refractivity contribution in [2.24, 2.45) is 5.92 Å². The summed E-state index contributed by atoms with van der Waals surface area (Å²) < 4.78 is 34.3. The molecule has 1 aliphatic heterocycles. The summed E-state index contributed by atoms with van der Waals surface area (Å²) >= 11 is 0. The fourth-order valence-corrected chi connectivity index (χ4v) is 6.64. The van der Waals surface area contributed by atoms with Crippen molar-refractivity contribution in [3.63, 3.8) is 0 Å². The smallest absolute Gasteiger partial charge is 0.248 e. The van der Waals surface area contributed by atoms with E-state index in [1.807, 2.05) is 58.0 Å². The van der Waals surface area contributed by atoms with Gasteiger partial charge in [0.2, 0.25) is 15.9 Å². The molecular formula is C28H33N3O4S. The zero-order chi connectivity index (χ0) is 26.0. The first-order chi connectivity index (χ1) is 17.1. The van der Waals surface area contributed by atoms with Crippen LogP contribution < -0.4 is 5.32 Å². The Balaban J connectivity index is 1.57. The van der Waals surface area contributed by atoms with E-state index in [1.54, 1.807) is 13.0 Å². The van der Waals surface area contributed by atoms with E-state index in [9.17, 15) is 13.2 Å². The Bertz CT molecular complexity index is 1400. The van der Waals surface area contributed by atoms with E-state index in [1.165, 1.54) is 9.87 Å². The minimum atomic E-state index is -3.91. The van der Waals surface area contributed by atoms with Gasteiger partial charge in [-0.2, -0.15) is 4.31 Å². The maximum atomic E-state index is 13.7. The van der Waals surface area contributed by atoms with Crippen molar-refractivity contribution in [2.45, 2.75) is 52.4 Å². The molecule has 2 heterocycles. The number of benzene rings is 2. The van der Waals surface area contributed by atoms with Crippen LogP contribution in [0, 0.1) is 40.5 Å². The monoisotopic (exact) mass is 507 g/mol. The SMILES string of the molecule is Cc1cc(C)c(C=Cc2onc(C)c2S(=O)(=O)N2CCCC(C(=O)Nc3ccccc3C)C2)c(C)c1. The van der Waals surface area contributed by atoms with E-state index in [0.29, 0.717) is 25.1 Å². The molecule has 190 valence electrons. The molecule has 0 saturated carbocycles. The third-order valence-electron chi connectivity index (χ3n) is 6.73. The number of sulfonamides is 1. The number of hydrogen-bond acceptors (Lipinski definition) is 5. The molecular weight excluding hydrogens is 474 g/mol. The van der Waals surface area contributed by atoms with Crippen molar-refractivity contribution in [3.8, 4) is 0 Å². The van der Waals surface area contributed by atoms with Crippen LogP contribution in [-0.4, -0.2) is 36.9 Å². The summed E-state index contributed by atoms with van der Waals surface area (Å²) in [6, 6.07) is 11.7. The predicted molar refractivity (Wildman–Crippen MR) is 142 cm³/mol. The molecule has 0 radical (unpaired) electrons. The minimum absolute atomic E-state index is 0.0566. The number of amides is 1. The van der Waals surface area contributed by atoms with Crippen LogP contribution >= 0.6 is 0 Å². The van der Waals surface area contributed by atoms with E-state index in [2.05, 4.69) is 22.6 Å². The molecule has 0 spiro atoms. The number of anilines is 1. The number of hydrogen-bond donors (Lipinski definition) is 1. The molecule has 4 rings (SSSR count). The average Bonchev–Trinajstić information content (AvgIpc) is 3.21. The van der Waals surface area contributed by atoms with E-state index in [0.717, 1.165) is 27.9 Å². The molecule has 1 atom stereocenters. The maximum Gasteiger partial charge on any atom is 0.248 e. The normalized spacial score (nSPS) is 17.0. The fraction of sp³-hybridized carbons (Fsp3) is 0.357. The number of nitrogens with one attached hydrogen (secondary N) is 1. The Kier molecular flexibility index (Phi) is 7.47. The highest BCUT2D eigenvalue weighted by atomic mass is 32.2. The molecule has 0 bridgehead atoms. The van der Waals surface area contributed by atoms with Crippen molar-refractivity contribution in [2.75, 3.05) is 18.4 Å². The topological polar surface area (TPSA) is 92.5 Å². The summed E-state index contributed by atoms with van der Waals surface area (Å²) in [6.07, 6.45) is 4.77. The van der Waals surface area contributed by atoms with Crippen molar-refractivity contribution in [3.05, 3.63) is 75.7 Å². The number of piperidine rings is 1. The van der Waals surface area contributed by atoms with Crippen LogP contribution in [0.4, 0.5) is 5.69 Å². The fourth-order valence-electron chi connectivity index (χ4n) is 4.86. The van der Waals surface area contributed by atoms with Gasteiger partial charge in [-0.15, -0.1) is 0 Å². The molecule has 1 amide bonds. The number of aryl methyl sites for hydroxylation is 5. The second-order valence-corrected chi connectivity index (χ2v) is 11.5. The number of carbonyl (C=O) groups is 1. The van der Waals surface area contributed by atoms with Gasteiger partial charge in [0, 0.05) is 18.8 Å². The minimum Gasteiger partial charge on any atom is -0.355 e. The molecule has 1 fully saturated rings. The Morgan fingerprint density at radius 3 is 2.44 bits per heavy atom. The maximum absolute atomic E-state index is 13.7. The van der Waals surface area contributed by atoms with Crippen molar-refractivity contribution >= 4 is 33.8 Å². The van der Waals surface area contributed by atoms with Gasteiger partial charge in [-0.25, -0.2) is 8.42 Å². The van der Waals surface area contributed by atoms with Crippen LogP contribution in [0.1, 0.15) is 52.1 Å². The first-order valence-corrected chi connectivity index (χ1v) is 13.6. The molecule has 1 saturated heterocycles. The lowest BCUT2D eigenvalue weighted by molar-refractivity contribution is -0.120. The summed E-state index contributed by atoms with van der Waals surface area (Å²) in [4.78, 5) is 13.0. The number of carbonyl (C=O) groups excluding carboxylic acids is 1. The largest absolute Gasteiger partial charge is 0.355 e. The Morgan fingerprint density at radius 1 is 1.06 bits per heavy atom. The Morgan fingerprint density at radius 2 is 1.75 bits per heavy atom. The lowest BCUT2D eigenvalue weighted by Crippen LogP contribution is -2.44. The summed E-state index contributed by atoms with van der Waals surface area (Å²) in [5.41, 5.74) is 6.40. The van der Waals surface area contributed by atoms with E-state index < -0.39 is 15.9 Å². The molecule has 8 heteroatoms. The van der Waals surface area contributed by atoms with Crippen molar-refractivity contribution in [1.29, 1.82) is 0 Å². The van der Waals surface area contributed by atoms with Gasteiger partial charge in [-0.1, -0.05) is 47.1 Å². The average molecular weight is 508 g/mol. The molecule has 0 aliphatic carbocycles. The summed E-state index contributed by atoms with van der Waals surface area (Å²) in [6.45, 7) is 10.1. The highest BCUT2D eigenvalue weighted by Gasteiger charge is 2.37. The molecule has 2 aromatic carbocycles. The van der Waals surface area contributed by atoms with Crippen LogP contribution in [0.5, 0.6) is 0 Å². The lowest BCUT2D eigenvalue weighted by Gasteiger charge is -2.31. The van der Waals surface area contributed by atoms with Gasteiger partial charge < -0.3 is 9.84 Å². The van der Waals surface area contributed by atoms with Crippen molar-refractivity contribution in [1.82, 2.24) is 9.46 Å². The predicted octanol–water partition coefficient (Wildman–Crippen LogP) is 5.43. The lowest BCUT2D eigenvalue weighted by atomic mass is 9.98. The highest BCUT2D eigenvalue weighted by molar-refractivity contribution is 7.89. The van der Waals surface area contributed by atoms with Gasteiger partial charge in [0.15, 0.2) is 10.7 Å². The first kappa shape index (κ1) is 25.9. The van der Waals surface area contributed by atoms with Gasteiger partial charge in [-0.3, -0.25) is 4.79 Å². The van der Waals surface area contributed by atoms with Crippen LogP contribution in [0.25, 0.3) is 12.2 Å². The van der Waals surface area contributed by atoms with Gasteiger partial charge in [0.1, 0.15) is 5.69 Å². The Hall–Kier alpha value is -3.23. The quantitative estimate of drug-likeness (QED) is 0.481. The van der Waals surface area contributed by atoms with Crippen LogP contribution in [0.2, 0.25) is 0 Å². The molecule has 3 aromatic rings. The second kappa shape index (κ2) is 10.4. The Labute approximate surface area is 213 Å². The van der Waals surface area contributed by atoms with Crippen LogP contribution in [-0.2, 0) is 14.8 Å². The third-order valence-corrected chi connectivity index (χ3v) is 8.75. The third kappa shape index (κ3) is 5.29. The summed E-state index contributed by atoms with van der Waals surface area (Å²) in [7, 11) is -3.91. The molecule has 1 unspecified atom stereocenters. The number of nitrogens with zero attached hydrogens (tertiary/aromatic N) is 2. The zero-order valence-corrected chi connectivity index (χ0v) is 22.3. The van der Waals surface area contributed by atoms with Gasteiger partial charge in [0.25, 0.3) is 0 Å². The van der Waals surface area contributed by atoms with E-state index >= 15 is 0 Å². The van der Waals surface area contributed by atoms with Gasteiger partial charge >= 0.3 is 0 Å². The summed E-state index contributed by atoms with van der Waals surface area (Å²) in [5, 5.41) is 6.92. The zero-order valence-electron chi connectivity index (χ0n) is 21.5. The molecule has 1 aromatic heterocycles. The standard InChI is InChI=1S/C28H33N3O4S/c1-18-15-20(3)24(21(4)16-18)12-13-26-27(22(5)30-35-26)36(33,34)31-14-8-10-23(17-31)28(32)29-25-11-7-6-9-19(25)2/h6-7,9,11-13,15-16,23H,8,10,14,17H2,1-5H3,(H,29,32). The second-order valence-electron chi connectivity index (χ2n) is 9.61. The van der Waals surface area contributed by atoms with Crippen molar-refractivity contribution < 1.29 is 17.7 Å². The van der Waals surface area contributed by atoms with Crippen LogP contribution in [0.3, 0.4) is 0 Å². The van der Waals surface area contributed by atoms with E-state index in [4.69, 9.17) is 4.52 Å².